The van der Waals surface area contributed by atoms with Crippen LogP contribution in [0.2, 0.25) is 10.0 Å². The average molecular weight is 366 g/mol. The van der Waals surface area contributed by atoms with E-state index in [0.717, 1.165) is 26.1 Å². The molecule has 3 rings (SSSR count). The molecule has 3 nitrogen and oxygen atoms in total. The van der Waals surface area contributed by atoms with Gasteiger partial charge in [0.15, 0.2) is 0 Å². The van der Waals surface area contributed by atoms with Crippen molar-refractivity contribution in [2.75, 3.05) is 6.61 Å². The molecular formula is C17H11Cl2O3S-. The van der Waals surface area contributed by atoms with Gasteiger partial charge >= 0.3 is 0 Å². The molecule has 23 heavy (non-hydrogen) atoms. The predicted octanol–water partition coefficient (Wildman–Crippen LogP) is 4.31. The van der Waals surface area contributed by atoms with E-state index in [2.05, 4.69) is 0 Å². The molecule has 0 unspecified atom stereocenters. The number of aryl methyl sites for hydroxylation is 1. The number of carboxylic acids is 1. The first-order valence-corrected chi connectivity index (χ1v) is 8.35. The van der Waals surface area contributed by atoms with E-state index in [0.29, 0.717) is 5.02 Å². The molecule has 0 amide bonds. The molecule has 0 radical (unpaired) electrons. The van der Waals surface area contributed by atoms with E-state index < -0.39 is 12.6 Å². The highest BCUT2D eigenvalue weighted by Crippen LogP contribution is 2.46. The van der Waals surface area contributed by atoms with Crippen LogP contribution in [-0.4, -0.2) is 12.6 Å². The van der Waals surface area contributed by atoms with Gasteiger partial charge in [-0.2, -0.15) is 0 Å². The molecule has 0 atom stereocenters. The maximum Gasteiger partial charge on any atom is 0.140 e. The topological polar surface area (TPSA) is 49.4 Å². The smallest absolute Gasteiger partial charge is 0.140 e. The minimum absolute atomic E-state index is 0.210. The lowest BCUT2D eigenvalue weighted by molar-refractivity contribution is -0.307. The van der Waals surface area contributed by atoms with E-state index in [4.69, 9.17) is 27.9 Å². The molecule has 2 aromatic carbocycles. The minimum Gasteiger partial charge on any atom is -0.546 e. The quantitative estimate of drug-likeness (QED) is 0.691. The molecule has 0 bridgehead atoms. The molecule has 0 aliphatic rings. The first-order valence-electron chi connectivity index (χ1n) is 6.78. The van der Waals surface area contributed by atoms with E-state index in [-0.39, 0.29) is 10.8 Å². The number of hydrogen-bond donors (Lipinski definition) is 0. The number of carbonyl (C=O) groups excluding carboxylic acids is 1. The van der Waals surface area contributed by atoms with Crippen LogP contribution in [0.1, 0.15) is 5.56 Å². The number of thiophene rings is 1. The third kappa shape index (κ3) is 3.02. The van der Waals surface area contributed by atoms with Crippen LogP contribution in [0.5, 0.6) is 5.75 Å². The fraction of sp³-hybridized carbons (Fsp3) is 0.118. The number of rotatable bonds is 4. The predicted molar refractivity (Wildman–Crippen MR) is 92.5 cm³/mol. The normalized spacial score (nSPS) is 10.9. The Morgan fingerprint density at radius 1 is 1.22 bits per heavy atom. The van der Waals surface area contributed by atoms with Crippen LogP contribution in [0.4, 0.5) is 0 Å². The van der Waals surface area contributed by atoms with Crippen molar-refractivity contribution in [3.05, 3.63) is 52.0 Å². The molecule has 0 spiro atoms. The van der Waals surface area contributed by atoms with E-state index in [1.54, 1.807) is 17.4 Å². The second-order valence-electron chi connectivity index (χ2n) is 4.96. The molecular weight excluding hydrogens is 355 g/mol. The third-order valence-electron chi connectivity index (χ3n) is 3.46. The van der Waals surface area contributed by atoms with Gasteiger partial charge in [-0.15, -0.1) is 11.3 Å². The Hall–Kier alpha value is -1.75. The summed E-state index contributed by atoms with van der Waals surface area (Å²) in [4.78, 5) is 11.7. The van der Waals surface area contributed by atoms with Crippen LogP contribution in [0.3, 0.4) is 0 Å². The number of benzene rings is 2. The summed E-state index contributed by atoms with van der Waals surface area (Å²) in [6.45, 7) is 1.42. The second-order valence-corrected chi connectivity index (χ2v) is 6.74. The van der Waals surface area contributed by atoms with Gasteiger partial charge in [0.1, 0.15) is 17.4 Å². The van der Waals surface area contributed by atoms with Gasteiger partial charge in [-0.3, -0.25) is 0 Å². The van der Waals surface area contributed by atoms with Gasteiger partial charge in [0.2, 0.25) is 0 Å². The number of hydrogen-bond acceptors (Lipinski definition) is 4. The molecule has 0 saturated carbocycles. The van der Waals surface area contributed by atoms with Gasteiger partial charge in [0, 0.05) is 10.3 Å². The molecule has 0 saturated heterocycles. The van der Waals surface area contributed by atoms with Crippen molar-refractivity contribution in [3.63, 3.8) is 0 Å². The van der Waals surface area contributed by atoms with Crippen molar-refractivity contribution in [3.8, 4) is 16.2 Å². The Morgan fingerprint density at radius 2 is 1.91 bits per heavy atom. The summed E-state index contributed by atoms with van der Waals surface area (Å²) in [5, 5.41) is 12.1. The lowest BCUT2D eigenvalue weighted by atomic mass is 10.1. The SMILES string of the molecule is Cc1c(-c2ccccc2)sc2c(Cl)c(Cl)c(OCC(=O)[O-])cc12. The number of carbonyl (C=O) groups is 1. The van der Waals surface area contributed by atoms with Crippen LogP contribution < -0.4 is 9.84 Å². The van der Waals surface area contributed by atoms with Crippen LogP contribution in [0.25, 0.3) is 20.5 Å². The van der Waals surface area contributed by atoms with Crippen LogP contribution in [0.15, 0.2) is 36.4 Å². The van der Waals surface area contributed by atoms with Crippen molar-refractivity contribution in [1.82, 2.24) is 0 Å². The second kappa shape index (κ2) is 6.40. The standard InChI is InChI=1S/C17H12Cl2O3S/c1-9-11-7-12(22-8-13(20)21)14(18)15(19)17(11)23-16(9)10-5-3-2-4-6-10/h2-7H,8H2,1H3,(H,20,21)/p-1. The first kappa shape index (κ1) is 16.1. The largest absolute Gasteiger partial charge is 0.546 e. The zero-order chi connectivity index (χ0) is 16.6. The van der Waals surface area contributed by atoms with Gasteiger partial charge in [-0.05, 0) is 24.1 Å². The molecule has 0 fully saturated rings. The lowest BCUT2D eigenvalue weighted by Gasteiger charge is -2.10. The highest BCUT2D eigenvalue weighted by molar-refractivity contribution is 7.23. The van der Waals surface area contributed by atoms with Gasteiger partial charge in [0.25, 0.3) is 0 Å². The molecule has 0 N–H and O–H groups in total. The molecule has 6 heteroatoms. The maximum absolute atomic E-state index is 10.6. The highest BCUT2D eigenvalue weighted by Gasteiger charge is 2.18. The van der Waals surface area contributed by atoms with Crippen LogP contribution >= 0.6 is 34.5 Å². The molecule has 118 valence electrons. The number of carboxylic acid groups (broad SMARTS) is 1. The Bertz CT molecular complexity index is 888. The summed E-state index contributed by atoms with van der Waals surface area (Å²) in [5.74, 6) is -1.07. The van der Waals surface area contributed by atoms with Crippen molar-refractivity contribution in [2.45, 2.75) is 6.92 Å². The number of fused-ring (bicyclic) bond motifs is 1. The van der Waals surface area contributed by atoms with Crippen molar-refractivity contribution in [1.29, 1.82) is 0 Å². The van der Waals surface area contributed by atoms with E-state index in [1.165, 1.54) is 0 Å². The monoisotopic (exact) mass is 365 g/mol. The van der Waals surface area contributed by atoms with E-state index in [1.807, 2.05) is 37.3 Å². The fourth-order valence-corrected chi connectivity index (χ4v) is 4.18. The first-order chi connectivity index (χ1) is 11.0. The summed E-state index contributed by atoms with van der Waals surface area (Å²) < 4.78 is 6.04. The Labute approximate surface area is 147 Å². The Balaban J connectivity index is 2.17. The number of halogens is 2. The van der Waals surface area contributed by atoms with Crippen molar-refractivity contribution >= 4 is 50.6 Å². The molecule has 3 aromatic rings. The van der Waals surface area contributed by atoms with Crippen LogP contribution in [-0.2, 0) is 4.79 Å². The molecule has 0 aliphatic heterocycles. The van der Waals surface area contributed by atoms with E-state index >= 15 is 0 Å². The third-order valence-corrected chi connectivity index (χ3v) is 5.79. The van der Waals surface area contributed by atoms with Gasteiger partial charge in [0.05, 0.1) is 15.7 Å². The van der Waals surface area contributed by atoms with Gasteiger partial charge in [-0.25, -0.2) is 0 Å². The summed E-state index contributed by atoms with van der Waals surface area (Å²) >= 11 is 14.1. The molecule has 0 aliphatic carbocycles. The number of aliphatic carboxylic acids is 1. The van der Waals surface area contributed by atoms with Crippen molar-refractivity contribution in [2.24, 2.45) is 0 Å². The highest BCUT2D eigenvalue weighted by atomic mass is 35.5. The summed E-state index contributed by atoms with van der Waals surface area (Å²) in [6, 6.07) is 11.7. The van der Waals surface area contributed by atoms with E-state index in [9.17, 15) is 9.90 Å². The average Bonchev–Trinajstić information content (AvgIpc) is 2.87. The maximum atomic E-state index is 10.6. The van der Waals surface area contributed by atoms with Crippen LogP contribution in [0, 0.1) is 6.92 Å². The zero-order valence-electron chi connectivity index (χ0n) is 12.1. The van der Waals surface area contributed by atoms with Gasteiger partial charge < -0.3 is 14.6 Å². The Morgan fingerprint density at radius 3 is 2.57 bits per heavy atom. The zero-order valence-corrected chi connectivity index (χ0v) is 14.4. The molecule has 1 heterocycles. The molecule has 1 aromatic heterocycles. The van der Waals surface area contributed by atoms with Gasteiger partial charge in [-0.1, -0.05) is 53.5 Å². The summed E-state index contributed by atoms with van der Waals surface area (Å²) in [7, 11) is 0. The lowest BCUT2D eigenvalue weighted by Crippen LogP contribution is -2.29. The Kier molecular flexibility index (Phi) is 4.48. The fourth-order valence-electron chi connectivity index (χ4n) is 2.37. The summed E-state index contributed by atoms with van der Waals surface area (Å²) in [5.41, 5.74) is 2.14. The van der Waals surface area contributed by atoms with Crippen molar-refractivity contribution < 1.29 is 14.6 Å². The number of ether oxygens (including phenoxy) is 1. The summed E-state index contributed by atoms with van der Waals surface area (Å²) in [6.07, 6.45) is 0. The minimum atomic E-state index is -1.32.